The Balaban J connectivity index is 0.924. The van der Waals surface area contributed by atoms with Crippen LogP contribution in [0.2, 0.25) is 0 Å². The molecule has 2 aliphatic heterocycles. The van der Waals surface area contributed by atoms with Gasteiger partial charge in [-0.15, -0.1) is 0 Å². The number of hydrogen-bond donors (Lipinski definition) is 0. The Labute approximate surface area is 625 Å². The van der Waals surface area contributed by atoms with Gasteiger partial charge < -0.3 is 23.2 Å². The van der Waals surface area contributed by atoms with Gasteiger partial charge in [-0.2, -0.15) is 0 Å². The van der Waals surface area contributed by atoms with E-state index in [0.717, 1.165) is 184 Å². The van der Waals surface area contributed by atoms with Gasteiger partial charge >= 0.3 is 0 Å². The maximum atomic E-state index is 6.55. The highest BCUT2D eigenvalue weighted by Gasteiger charge is 2.46. The van der Waals surface area contributed by atoms with Gasteiger partial charge in [0.05, 0.1) is 28.1 Å². The molecule has 0 aliphatic carbocycles. The lowest BCUT2D eigenvalue weighted by Crippen LogP contribution is -2.61. The van der Waals surface area contributed by atoms with Crippen LogP contribution in [0, 0.1) is 0 Å². The molecule has 0 saturated heterocycles. The largest absolute Gasteiger partial charge is 0.456 e. The summed E-state index contributed by atoms with van der Waals surface area (Å²) in [4.78, 5) is 5.35. The molecular formula is C102H64BN3O2. The number of para-hydroxylation sites is 4. The average molecular weight is 1370 g/mol. The molecule has 502 valence electrons. The zero-order valence-corrected chi connectivity index (χ0v) is 58.7. The minimum Gasteiger partial charge on any atom is -0.456 e. The fourth-order valence-electron chi connectivity index (χ4n) is 17.6. The van der Waals surface area contributed by atoms with Gasteiger partial charge in [0.1, 0.15) is 22.3 Å². The second-order valence-electron chi connectivity index (χ2n) is 28.6. The molecule has 108 heavy (non-hydrogen) atoms. The molecule has 20 aromatic rings. The Kier molecular flexibility index (Phi) is 14.0. The van der Waals surface area contributed by atoms with Crippen molar-refractivity contribution < 1.29 is 8.83 Å². The monoisotopic (exact) mass is 1370 g/mol. The first-order chi connectivity index (χ1) is 53.6. The Morgan fingerprint density at radius 3 is 0.907 bits per heavy atom. The molecule has 5 heterocycles. The lowest BCUT2D eigenvalue weighted by Gasteiger charge is -2.46. The summed E-state index contributed by atoms with van der Waals surface area (Å²) in [6.07, 6.45) is 0. The zero-order chi connectivity index (χ0) is 70.9. The van der Waals surface area contributed by atoms with Crippen molar-refractivity contribution >= 4 is 123 Å². The molecule has 0 radical (unpaired) electrons. The predicted molar refractivity (Wildman–Crippen MR) is 453 cm³/mol. The van der Waals surface area contributed by atoms with Gasteiger partial charge in [-0.05, 0) is 156 Å². The van der Waals surface area contributed by atoms with Crippen molar-refractivity contribution in [1.29, 1.82) is 0 Å². The van der Waals surface area contributed by atoms with Crippen LogP contribution in [0.1, 0.15) is 0 Å². The van der Waals surface area contributed by atoms with Crippen molar-refractivity contribution in [2.24, 2.45) is 0 Å². The normalized spacial score (nSPS) is 12.4. The first-order valence-corrected chi connectivity index (χ1v) is 37.1. The average Bonchev–Trinajstić information content (AvgIpc) is 0.742. The summed E-state index contributed by atoms with van der Waals surface area (Å²) in [6.45, 7) is -0.300. The van der Waals surface area contributed by atoms with Crippen molar-refractivity contribution in [2.75, 3.05) is 9.80 Å². The predicted octanol–water partition coefficient (Wildman–Crippen LogP) is 26.0. The maximum absolute atomic E-state index is 6.55. The third-order valence-electron chi connectivity index (χ3n) is 22.6. The van der Waals surface area contributed by atoms with E-state index in [4.69, 9.17) is 8.83 Å². The highest BCUT2D eigenvalue weighted by molar-refractivity contribution is 7.00. The summed E-state index contributed by atoms with van der Waals surface area (Å²) in [5.74, 6) is 0. The van der Waals surface area contributed by atoms with Gasteiger partial charge in [0, 0.05) is 77.3 Å². The molecule has 0 atom stereocenters. The highest BCUT2D eigenvalue weighted by Crippen LogP contribution is 2.55. The van der Waals surface area contributed by atoms with Crippen LogP contribution in [0.3, 0.4) is 0 Å². The Morgan fingerprint density at radius 2 is 0.519 bits per heavy atom. The van der Waals surface area contributed by atoms with E-state index in [2.05, 4.69) is 403 Å². The van der Waals surface area contributed by atoms with Crippen LogP contribution < -0.4 is 26.2 Å². The Morgan fingerprint density at radius 1 is 0.204 bits per heavy atom. The molecule has 22 rings (SSSR count). The van der Waals surface area contributed by atoms with Crippen LogP contribution in [0.5, 0.6) is 0 Å². The minimum absolute atomic E-state index is 0.300. The van der Waals surface area contributed by atoms with Crippen molar-refractivity contribution in [1.82, 2.24) is 4.57 Å². The number of fused-ring (bicyclic) bond motifs is 13. The Bertz CT molecular complexity index is 6460. The van der Waals surface area contributed by atoms with E-state index in [1.165, 1.54) is 27.2 Å². The summed E-state index contributed by atoms with van der Waals surface area (Å²) in [5.41, 5.74) is 34.5. The van der Waals surface area contributed by atoms with Gasteiger partial charge in [-0.25, -0.2) is 0 Å². The molecule has 6 heteroatoms. The second-order valence-corrected chi connectivity index (χ2v) is 28.6. The summed E-state index contributed by atoms with van der Waals surface area (Å²) in [6, 6.07) is 144. The Hall–Kier alpha value is -14.2. The van der Waals surface area contributed by atoms with Gasteiger partial charge in [-0.3, -0.25) is 0 Å². The molecule has 0 spiro atoms. The van der Waals surface area contributed by atoms with Gasteiger partial charge in [0.2, 0.25) is 0 Å². The van der Waals surface area contributed by atoms with E-state index in [-0.39, 0.29) is 6.71 Å². The SMILES string of the molecule is c1ccc(-c2ccc3c4ccc(-c5ccccc5)cc4n(-c4cc5c6c(c4)N(c4c(-c7ccccc7)cccc4-c4ccccc4)c4cc(-c7ccc8oc9ccccc9c8c7)ccc4B6c4ccc(-c6ccc7oc8ccccc8c7c6)cc4N5c4c(-c5ccccc5)cccc4-c4ccccc4)c3c2)cc1. The first kappa shape index (κ1) is 61.3. The van der Waals surface area contributed by atoms with Crippen molar-refractivity contribution in [3.05, 3.63) is 388 Å². The fraction of sp³-hybridized carbons (Fsp3) is 0. The highest BCUT2D eigenvalue weighted by atomic mass is 16.3. The van der Waals surface area contributed by atoms with E-state index < -0.39 is 0 Å². The maximum Gasteiger partial charge on any atom is 0.252 e. The van der Waals surface area contributed by atoms with E-state index in [0.29, 0.717) is 0 Å². The molecule has 0 amide bonds. The van der Waals surface area contributed by atoms with Crippen LogP contribution in [0.15, 0.2) is 397 Å². The van der Waals surface area contributed by atoms with Crippen LogP contribution in [0.4, 0.5) is 34.1 Å². The summed E-state index contributed by atoms with van der Waals surface area (Å²) < 4.78 is 15.7. The summed E-state index contributed by atoms with van der Waals surface area (Å²) >= 11 is 0. The second kappa shape index (κ2) is 24.7. The number of benzene rings is 17. The number of rotatable bonds is 11. The fourth-order valence-corrected chi connectivity index (χ4v) is 17.6. The van der Waals surface area contributed by atoms with Crippen LogP contribution in [-0.2, 0) is 0 Å². The number of aromatic nitrogens is 1. The molecule has 0 bridgehead atoms. The van der Waals surface area contributed by atoms with Crippen molar-refractivity contribution in [2.45, 2.75) is 0 Å². The smallest absolute Gasteiger partial charge is 0.252 e. The van der Waals surface area contributed by atoms with Gasteiger partial charge in [0.25, 0.3) is 6.71 Å². The molecule has 5 nitrogen and oxygen atoms in total. The number of anilines is 6. The van der Waals surface area contributed by atoms with E-state index in [1.54, 1.807) is 0 Å². The molecule has 3 aromatic heterocycles. The molecule has 17 aromatic carbocycles. The third-order valence-corrected chi connectivity index (χ3v) is 22.6. The molecule has 2 aliphatic rings. The molecule has 0 N–H and O–H groups in total. The quantitative estimate of drug-likeness (QED) is 0.121. The topological polar surface area (TPSA) is 37.7 Å². The molecule has 0 fully saturated rings. The third kappa shape index (κ3) is 9.81. The number of furan rings is 2. The van der Waals surface area contributed by atoms with E-state index in [9.17, 15) is 0 Å². The molecule has 0 unspecified atom stereocenters. The van der Waals surface area contributed by atoms with Crippen LogP contribution >= 0.6 is 0 Å². The number of nitrogens with zero attached hydrogens (tertiary/aromatic N) is 3. The summed E-state index contributed by atoms with van der Waals surface area (Å²) in [7, 11) is 0. The van der Waals surface area contributed by atoms with Crippen LogP contribution in [0.25, 0.3) is 160 Å². The lowest BCUT2D eigenvalue weighted by atomic mass is 9.33. The molecule has 0 saturated carbocycles. The van der Waals surface area contributed by atoms with Crippen molar-refractivity contribution in [3.63, 3.8) is 0 Å². The first-order valence-electron chi connectivity index (χ1n) is 37.1. The van der Waals surface area contributed by atoms with Gasteiger partial charge in [0.15, 0.2) is 0 Å². The molecular weight excluding hydrogens is 1310 g/mol. The van der Waals surface area contributed by atoms with Crippen LogP contribution in [-0.4, -0.2) is 11.3 Å². The minimum atomic E-state index is -0.300. The standard InChI is InChI=1S/C102H64BN3O2/c1-7-25-65(26-8-1)73-45-51-82-83-52-46-74(66-27-9-2-10-28-66)60-91(83)104(90(82)59-73)77-63-94-100-95(64-77)106(102-80(69-33-15-5-16-34-69)41-24-42-81(102)70-35-17-6-18-36-70)93-62-76(72-50-56-99-87(58-72)85-38-20-22-44-97(85)108-99)48-54-89(93)103(100)88-53-47-75(71-49-55-98-86(57-71)84-37-19-21-43-96(84)107-98)61-92(88)105(94)101-78(67-29-11-3-12-30-67)39-23-40-79(101)68-31-13-4-14-32-68/h1-64H. The number of hydrogen-bond acceptors (Lipinski definition) is 4. The van der Waals surface area contributed by atoms with Crippen molar-refractivity contribution in [3.8, 4) is 94.7 Å². The summed E-state index contributed by atoms with van der Waals surface area (Å²) in [5, 5.41) is 6.68. The van der Waals surface area contributed by atoms with E-state index >= 15 is 0 Å². The van der Waals surface area contributed by atoms with Gasteiger partial charge in [-0.1, -0.05) is 315 Å². The van der Waals surface area contributed by atoms with E-state index in [1.807, 2.05) is 0 Å². The lowest BCUT2D eigenvalue weighted by molar-refractivity contribution is 0.668. The zero-order valence-electron chi connectivity index (χ0n) is 58.7.